The van der Waals surface area contributed by atoms with Crippen LogP contribution in [0.15, 0.2) is 30.5 Å². The van der Waals surface area contributed by atoms with Crippen molar-refractivity contribution in [3.63, 3.8) is 0 Å². The van der Waals surface area contributed by atoms with Gasteiger partial charge in [-0.1, -0.05) is 19.9 Å². The molecule has 0 amide bonds. The summed E-state index contributed by atoms with van der Waals surface area (Å²) >= 11 is 0. The largest absolute Gasteiger partial charge is 0.491 e. The lowest BCUT2D eigenvalue weighted by Gasteiger charge is -2.14. The van der Waals surface area contributed by atoms with Crippen molar-refractivity contribution in [1.29, 1.82) is 0 Å². The Morgan fingerprint density at radius 2 is 2.08 bits per heavy atom. The first-order valence-corrected chi connectivity index (χ1v) is 8.14. The smallest absolute Gasteiger partial charge is 0.392 e. The molecule has 4 nitrogen and oxygen atoms in total. The molecule has 0 aliphatic carbocycles. The molecule has 0 aromatic carbocycles. The lowest BCUT2D eigenvalue weighted by molar-refractivity contribution is -0.139. The zero-order chi connectivity index (χ0) is 18.6. The molecule has 0 N–H and O–H groups in total. The van der Waals surface area contributed by atoms with E-state index in [-0.39, 0.29) is 5.78 Å². The van der Waals surface area contributed by atoms with Crippen LogP contribution in [0.3, 0.4) is 0 Å². The SMILES string of the molecule is C=C(C)C(=O)c1cnn2c(CCCC)c(OCCC(F)(F)F)ccc12. The monoisotopic (exact) mass is 354 g/mol. The van der Waals surface area contributed by atoms with Gasteiger partial charge in [0.15, 0.2) is 5.78 Å². The molecule has 0 aliphatic heterocycles. The number of rotatable bonds is 8. The van der Waals surface area contributed by atoms with Crippen molar-refractivity contribution >= 4 is 11.3 Å². The lowest BCUT2D eigenvalue weighted by atomic mass is 10.1. The molecular formula is C18H21F3N2O2. The van der Waals surface area contributed by atoms with Crippen LogP contribution in [0.25, 0.3) is 5.52 Å². The molecule has 25 heavy (non-hydrogen) atoms. The number of carbonyl (C=O) groups excluding carboxylic acids is 1. The van der Waals surface area contributed by atoms with Crippen LogP contribution in [0.1, 0.15) is 49.2 Å². The number of ketones is 1. The molecule has 136 valence electrons. The van der Waals surface area contributed by atoms with E-state index < -0.39 is 19.2 Å². The van der Waals surface area contributed by atoms with Crippen LogP contribution in [-0.2, 0) is 6.42 Å². The predicted octanol–water partition coefficient (Wildman–Crippen LogP) is 4.77. The molecule has 0 fully saturated rings. The highest BCUT2D eigenvalue weighted by Crippen LogP contribution is 2.27. The molecule has 0 spiro atoms. The molecule has 0 bridgehead atoms. The number of Topliss-reactive ketones (excluding diaryl/α,β-unsaturated/α-hetero) is 1. The maximum Gasteiger partial charge on any atom is 0.392 e. The second-order valence-electron chi connectivity index (χ2n) is 5.93. The second kappa shape index (κ2) is 7.72. The van der Waals surface area contributed by atoms with Crippen LogP contribution in [0.2, 0.25) is 0 Å². The Labute approximate surface area is 144 Å². The van der Waals surface area contributed by atoms with E-state index in [4.69, 9.17) is 4.74 Å². The molecule has 0 unspecified atom stereocenters. The summed E-state index contributed by atoms with van der Waals surface area (Å²) < 4.78 is 43.9. The summed E-state index contributed by atoms with van der Waals surface area (Å²) in [5.74, 6) is 0.157. The minimum atomic E-state index is -4.26. The number of allylic oxidation sites excluding steroid dienone is 1. The Kier molecular flexibility index (Phi) is 5.87. The fourth-order valence-corrected chi connectivity index (χ4v) is 2.47. The highest BCUT2D eigenvalue weighted by atomic mass is 19.4. The highest BCUT2D eigenvalue weighted by Gasteiger charge is 2.27. The van der Waals surface area contributed by atoms with Crippen molar-refractivity contribution in [2.45, 2.75) is 45.7 Å². The van der Waals surface area contributed by atoms with Gasteiger partial charge in [0.1, 0.15) is 5.75 Å². The Morgan fingerprint density at radius 1 is 1.36 bits per heavy atom. The van der Waals surface area contributed by atoms with E-state index >= 15 is 0 Å². The van der Waals surface area contributed by atoms with Gasteiger partial charge in [-0.3, -0.25) is 4.79 Å². The Bertz CT molecular complexity index is 778. The number of hydrogen-bond acceptors (Lipinski definition) is 3. The summed E-state index contributed by atoms with van der Waals surface area (Å²) in [5, 5.41) is 4.24. The van der Waals surface area contributed by atoms with Crippen molar-refractivity contribution in [3.8, 4) is 5.75 Å². The van der Waals surface area contributed by atoms with Gasteiger partial charge >= 0.3 is 6.18 Å². The first-order chi connectivity index (χ1) is 11.7. The van der Waals surface area contributed by atoms with Gasteiger partial charge in [0.2, 0.25) is 0 Å². The number of unbranched alkanes of at least 4 members (excludes halogenated alkanes) is 1. The Morgan fingerprint density at radius 3 is 2.68 bits per heavy atom. The van der Waals surface area contributed by atoms with Gasteiger partial charge in [-0.05, 0) is 37.5 Å². The van der Waals surface area contributed by atoms with Crippen molar-refractivity contribution in [1.82, 2.24) is 9.61 Å². The van der Waals surface area contributed by atoms with Gasteiger partial charge in [0, 0.05) is 0 Å². The molecule has 0 saturated heterocycles. The Balaban J connectivity index is 2.38. The summed E-state index contributed by atoms with van der Waals surface area (Å²) in [4.78, 5) is 12.2. The molecule has 0 saturated carbocycles. The van der Waals surface area contributed by atoms with Crippen LogP contribution in [0, 0.1) is 0 Å². The highest BCUT2D eigenvalue weighted by molar-refractivity contribution is 6.12. The standard InChI is InChI=1S/C18H21F3N2O2/c1-4-5-6-15-16(25-10-9-18(19,20)21)8-7-14-13(11-22-23(14)15)17(24)12(2)3/h7-8,11H,2,4-6,9-10H2,1,3H3. The van der Waals surface area contributed by atoms with E-state index in [1.165, 1.54) is 6.20 Å². The molecule has 0 aliphatic rings. The summed E-state index contributed by atoms with van der Waals surface area (Å²) in [6.07, 6.45) is -1.48. The summed E-state index contributed by atoms with van der Waals surface area (Å²) in [5.41, 5.74) is 2.09. The van der Waals surface area contributed by atoms with Crippen LogP contribution in [-0.4, -0.2) is 28.2 Å². The minimum Gasteiger partial charge on any atom is -0.491 e. The van der Waals surface area contributed by atoms with Gasteiger partial charge in [0.05, 0.1) is 36.0 Å². The Hall–Kier alpha value is -2.31. The molecule has 2 heterocycles. The molecule has 2 aromatic heterocycles. The van der Waals surface area contributed by atoms with E-state index in [1.807, 2.05) is 6.92 Å². The number of ether oxygens (including phenoxy) is 1. The number of nitrogens with zero attached hydrogens (tertiary/aromatic N) is 2. The third-order valence-electron chi connectivity index (χ3n) is 3.78. The average molecular weight is 354 g/mol. The molecule has 2 aromatic rings. The van der Waals surface area contributed by atoms with E-state index in [0.717, 1.165) is 12.8 Å². The van der Waals surface area contributed by atoms with Gasteiger partial charge in [-0.15, -0.1) is 0 Å². The fourth-order valence-electron chi connectivity index (χ4n) is 2.47. The number of carbonyl (C=O) groups is 1. The van der Waals surface area contributed by atoms with Crippen LogP contribution in [0.4, 0.5) is 13.2 Å². The quantitative estimate of drug-likeness (QED) is 0.507. The van der Waals surface area contributed by atoms with Gasteiger partial charge in [-0.25, -0.2) is 4.52 Å². The fraction of sp³-hybridized carbons (Fsp3) is 0.444. The molecule has 7 heteroatoms. The van der Waals surface area contributed by atoms with E-state index in [9.17, 15) is 18.0 Å². The minimum absolute atomic E-state index is 0.206. The number of halogens is 3. The zero-order valence-corrected chi connectivity index (χ0v) is 14.3. The third kappa shape index (κ3) is 4.61. The maximum absolute atomic E-state index is 12.3. The van der Waals surface area contributed by atoms with E-state index in [2.05, 4.69) is 11.7 Å². The van der Waals surface area contributed by atoms with Crippen LogP contribution < -0.4 is 4.74 Å². The average Bonchev–Trinajstić information content (AvgIpc) is 2.95. The van der Waals surface area contributed by atoms with Crippen molar-refractivity contribution < 1.29 is 22.7 Å². The van der Waals surface area contributed by atoms with E-state index in [0.29, 0.717) is 34.5 Å². The topological polar surface area (TPSA) is 43.6 Å². The van der Waals surface area contributed by atoms with Gasteiger partial charge < -0.3 is 4.74 Å². The number of pyridine rings is 1. The number of alkyl halides is 3. The second-order valence-corrected chi connectivity index (χ2v) is 5.93. The lowest BCUT2D eigenvalue weighted by Crippen LogP contribution is -2.14. The third-order valence-corrected chi connectivity index (χ3v) is 3.78. The maximum atomic E-state index is 12.3. The van der Waals surface area contributed by atoms with E-state index in [1.54, 1.807) is 23.6 Å². The number of aryl methyl sites for hydroxylation is 1. The summed E-state index contributed by atoms with van der Waals surface area (Å²) in [6, 6.07) is 3.25. The number of hydrogen-bond donors (Lipinski definition) is 0. The van der Waals surface area contributed by atoms with Crippen LogP contribution >= 0.6 is 0 Å². The van der Waals surface area contributed by atoms with Crippen LogP contribution in [0.5, 0.6) is 5.75 Å². The number of aromatic nitrogens is 2. The van der Waals surface area contributed by atoms with Gasteiger partial charge in [0.25, 0.3) is 0 Å². The van der Waals surface area contributed by atoms with Crippen molar-refractivity contribution in [3.05, 3.63) is 41.7 Å². The summed E-state index contributed by atoms with van der Waals surface area (Å²) in [6.45, 7) is 6.84. The predicted molar refractivity (Wildman–Crippen MR) is 89.1 cm³/mol. The molecular weight excluding hydrogens is 333 g/mol. The van der Waals surface area contributed by atoms with Crippen molar-refractivity contribution in [2.24, 2.45) is 0 Å². The normalized spacial score (nSPS) is 11.7. The molecule has 0 atom stereocenters. The first kappa shape index (κ1) is 19.0. The first-order valence-electron chi connectivity index (χ1n) is 8.14. The van der Waals surface area contributed by atoms with Gasteiger partial charge in [-0.2, -0.15) is 18.3 Å². The number of fused-ring (bicyclic) bond motifs is 1. The summed E-state index contributed by atoms with van der Waals surface area (Å²) in [7, 11) is 0. The zero-order valence-electron chi connectivity index (χ0n) is 14.3. The van der Waals surface area contributed by atoms with Crippen molar-refractivity contribution in [2.75, 3.05) is 6.61 Å². The molecule has 2 rings (SSSR count). The molecule has 0 radical (unpaired) electrons.